The fraction of sp³-hybridized carbons (Fsp3) is 0.571. The van der Waals surface area contributed by atoms with Crippen molar-refractivity contribution in [2.75, 3.05) is 0 Å². The predicted octanol–water partition coefficient (Wildman–Crippen LogP) is 4.36. The third-order valence-electron chi connectivity index (χ3n) is 6.95. The molecular weight excluding hydrogens is 367 g/mol. The number of halogens is 2. The van der Waals surface area contributed by atoms with Crippen LogP contribution in [0, 0.1) is 11.7 Å². The molecule has 0 spiro atoms. The summed E-state index contributed by atoms with van der Waals surface area (Å²) >= 11 is 5.87. The van der Waals surface area contributed by atoms with Crippen molar-refractivity contribution in [3.05, 3.63) is 34.7 Å². The van der Waals surface area contributed by atoms with Crippen LogP contribution in [0.25, 0.3) is 10.9 Å². The molecule has 4 aliphatic rings. The smallest absolute Gasteiger partial charge is 0.223 e. The van der Waals surface area contributed by atoms with Crippen LogP contribution in [0.1, 0.15) is 56.9 Å². The molecule has 6 rings (SSSR count). The molecule has 3 atom stereocenters. The molecule has 4 fully saturated rings. The van der Waals surface area contributed by atoms with Crippen LogP contribution in [-0.4, -0.2) is 38.6 Å². The number of carbonyl (C=O) groups excluding carboxylic acids is 1. The molecule has 2 N–H and O–H groups in total. The van der Waals surface area contributed by atoms with Gasteiger partial charge in [0.25, 0.3) is 0 Å². The average molecular weight is 391 g/mol. The largest absolute Gasteiger partial charge is 0.390 e. The Kier molecular flexibility index (Phi) is 3.86. The molecular formula is C21H24ClFN2O2. The molecule has 0 radical (unpaired) electrons. The van der Waals surface area contributed by atoms with Crippen molar-refractivity contribution in [1.29, 1.82) is 0 Å². The van der Waals surface area contributed by atoms with Crippen molar-refractivity contribution in [2.45, 2.75) is 69.1 Å². The van der Waals surface area contributed by atoms with Gasteiger partial charge in [0.2, 0.25) is 5.91 Å². The van der Waals surface area contributed by atoms with Crippen LogP contribution in [0.15, 0.2) is 18.3 Å². The summed E-state index contributed by atoms with van der Waals surface area (Å²) in [6.45, 7) is 2.01. The van der Waals surface area contributed by atoms with Crippen LogP contribution >= 0.6 is 11.6 Å². The van der Waals surface area contributed by atoms with E-state index in [1.54, 1.807) is 6.07 Å². The van der Waals surface area contributed by atoms with Gasteiger partial charge in [-0.1, -0.05) is 18.5 Å². The van der Waals surface area contributed by atoms with E-state index < -0.39 is 11.4 Å². The van der Waals surface area contributed by atoms with E-state index in [1.807, 2.05) is 13.1 Å². The Labute approximate surface area is 162 Å². The number of fused-ring (bicyclic) bond motifs is 1. The maximum atomic E-state index is 13.9. The molecule has 2 aromatic rings. The number of aromatic amines is 1. The Balaban J connectivity index is 1.36. The van der Waals surface area contributed by atoms with Gasteiger partial charge in [-0.15, -0.1) is 0 Å². The third kappa shape index (κ3) is 2.78. The summed E-state index contributed by atoms with van der Waals surface area (Å²) in [5.41, 5.74) is 1.18. The van der Waals surface area contributed by atoms with Gasteiger partial charge in [0, 0.05) is 35.6 Å². The van der Waals surface area contributed by atoms with Crippen molar-refractivity contribution in [3.8, 4) is 0 Å². The molecule has 6 heteroatoms. The number of nitrogens with zero attached hydrogens (tertiary/aromatic N) is 1. The van der Waals surface area contributed by atoms with E-state index in [4.69, 9.17) is 11.6 Å². The minimum Gasteiger partial charge on any atom is -0.390 e. The Morgan fingerprint density at radius 2 is 2.07 bits per heavy atom. The standard InChI is InChI=1S/C21H24ClFN2O2/c1-11(16-10-24-19-6-17(22)18(23)5-15(16)19)2-20(26)25-13-3-12-4-14(25)9-21(27,7-12)8-13/h5-6,10-14,24,27H,2-4,7-9H2,1H3. The second kappa shape index (κ2) is 5.95. The van der Waals surface area contributed by atoms with Crippen molar-refractivity contribution in [2.24, 2.45) is 5.92 Å². The van der Waals surface area contributed by atoms with Gasteiger partial charge in [-0.2, -0.15) is 0 Å². The Morgan fingerprint density at radius 1 is 1.37 bits per heavy atom. The first-order valence-corrected chi connectivity index (χ1v) is 10.2. The third-order valence-corrected chi connectivity index (χ3v) is 7.24. The van der Waals surface area contributed by atoms with Crippen molar-refractivity contribution < 1.29 is 14.3 Å². The van der Waals surface area contributed by atoms with Gasteiger partial charge >= 0.3 is 0 Å². The van der Waals surface area contributed by atoms with Gasteiger partial charge in [-0.3, -0.25) is 4.79 Å². The summed E-state index contributed by atoms with van der Waals surface area (Å²) in [5, 5.41) is 11.6. The van der Waals surface area contributed by atoms with Crippen LogP contribution in [0.5, 0.6) is 0 Å². The Bertz CT molecular complexity index is 910. The lowest BCUT2D eigenvalue weighted by Gasteiger charge is -2.59. The predicted molar refractivity (Wildman–Crippen MR) is 102 cm³/mol. The first kappa shape index (κ1) is 17.5. The van der Waals surface area contributed by atoms with Gasteiger partial charge in [-0.05, 0) is 61.6 Å². The first-order chi connectivity index (χ1) is 12.8. The lowest BCUT2D eigenvalue weighted by Crippen LogP contribution is -2.65. The minimum atomic E-state index is -0.549. The lowest BCUT2D eigenvalue weighted by molar-refractivity contribution is -0.174. The number of aliphatic hydroxyl groups is 1. The number of hydrogen-bond donors (Lipinski definition) is 2. The second-order valence-electron chi connectivity index (χ2n) is 8.94. The number of rotatable bonds is 3. The van der Waals surface area contributed by atoms with E-state index in [2.05, 4.69) is 9.88 Å². The molecule has 2 aliphatic heterocycles. The monoisotopic (exact) mass is 390 g/mol. The highest BCUT2D eigenvalue weighted by molar-refractivity contribution is 6.31. The quantitative estimate of drug-likeness (QED) is 0.818. The van der Waals surface area contributed by atoms with Gasteiger partial charge < -0.3 is 15.0 Å². The molecule has 1 amide bonds. The summed E-state index contributed by atoms with van der Waals surface area (Å²) < 4.78 is 13.9. The van der Waals surface area contributed by atoms with Gasteiger partial charge in [-0.25, -0.2) is 4.39 Å². The van der Waals surface area contributed by atoms with E-state index in [0.717, 1.165) is 48.6 Å². The molecule has 3 heterocycles. The molecule has 144 valence electrons. The normalized spacial score (nSPS) is 33.0. The summed E-state index contributed by atoms with van der Waals surface area (Å²) in [4.78, 5) is 18.3. The molecule has 2 aliphatic carbocycles. The summed E-state index contributed by atoms with van der Waals surface area (Å²) in [5.74, 6) is 0.257. The zero-order valence-electron chi connectivity index (χ0n) is 15.3. The van der Waals surface area contributed by atoms with E-state index in [9.17, 15) is 14.3 Å². The number of piperidine rings is 2. The summed E-state index contributed by atoms with van der Waals surface area (Å²) in [6.07, 6.45) is 6.64. The molecule has 1 aromatic heterocycles. The van der Waals surface area contributed by atoms with Crippen LogP contribution < -0.4 is 0 Å². The van der Waals surface area contributed by atoms with E-state index in [1.165, 1.54) is 6.07 Å². The molecule has 2 saturated carbocycles. The number of amides is 1. The Morgan fingerprint density at radius 3 is 2.74 bits per heavy atom. The molecule has 3 unspecified atom stereocenters. The fourth-order valence-corrected chi connectivity index (χ4v) is 6.18. The van der Waals surface area contributed by atoms with Gasteiger partial charge in [0.1, 0.15) is 5.82 Å². The van der Waals surface area contributed by atoms with Crippen LogP contribution in [0.3, 0.4) is 0 Å². The van der Waals surface area contributed by atoms with E-state index in [0.29, 0.717) is 12.3 Å². The highest BCUT2D eigenvalue weighted by atomic mass is 35.5. The number of benzene rings is 1. The molecule has 27 heavy (non-hydrogen) atoms. The van der Waals surface area contributed by atoms with E-state index >= 15 is 0 Å². The van der Waals surface area contributed by atoms with E-state index in [-0.39, 0.29) is 28.9 Å². The van der Waals surface area contributed by atoms with Crippen LogP contribution in [0.2, 0.25) is 5.02 Å². The summed E-state index contributed by atoms with van der Waals surface area (Å²) in [6, 6.07) is 3.40. The first-order valence-electron chi connectivity index (χ1n) is 9.82. The number of H-pyrrole nitrogens is 1. The Hall–Kier alpha value is -1.59. The number of nitrogens with one attached hydrogen (secondary N) is 1. The number of aromatic nitrogens is 1. The van der Waals surface area contributed by atoms with Crippen molar-refractivity contribution in [1.82, 2.24) is 9.88 Å². The molecule has 4 nitrogen and oxygen atoms in total. The minimum absolute atomic E-state index is 0.0212. The van der Waals surface area contributed by atoms with Crippen LogP contribution in [-0.2, 0) is 4.79 Å². The molecule has 1 aromatic carbocycles. The fourth-order valence-electron chi connectivity index (χ4n) is 6.02. The highest BCUT2D eigenvalue weighted by Gasteiger charge is 2.54. The van der Waals surface area contributed by atoms with Crippen molar-refractivity contribution >= 4 is 28.4 Å². The van der Waals surface area contributed by atoms with Gasteiger partial charge in [0.05, 0.1) is 10.6 Å². The SMILES string of the molecule is CC(CC(=O)N1C2CC3CC1CC(O)(C3)C2)c1c[nH]c2cc(Cl)c(F)cc12. The highest BCUT2D eigenvalue weighted by Crippen LogP contribution is 2.51. The maximum absolute atomic E-state index is 13.9. The lowest BCUT2D eigenvalue weighted by atomic mass is 9.61. The number of hydrogen-bond acceptors (Lipinski definition) is 2. The molecule has 4 bridgehead atoms. The van der Waals surface area contributed by atoms with Gasteiger partial charge in [0.15, 0.2) is 0 Å². The molecule has 2 saturated heterocycles. The van der Waals surface area contributed by atoms with Crippen molar-refractivity contribution in [3.63, 3.8) is 0 Å². The average Bonchev–Trinajstić information content (AvgIpc) is 2.96. The number of carbonyl (C=O) groups is 1. The zero-order valence-corrected chi connectivity index (χ0v) is 16.1. The second-order valence-corrected chi connectivity index (χ2v) is 9.35. The zero-order chi connectivity index (χ0) is 18.9. The summed E-state index contributed by atoms with van der Waals surface area (Å²) in [7, 11) is 0. The van der Waals surface area contributed by atoms with Crippen LogP contribution in [0.4, 0.5) is 4.39 Å². The topological polar surface area (TPSA) is 56.3 Å². The maximum Gasteiger partial charge on any atom is 0.223 e.